The second-order valence-electron chi connectivity index (χ2n) is 3.01. The standard InChI is InChI=1S/C10H10N2O2S/c1-12-8(10(13)14-2)6-7(11-12)9-4-3-5-15-9/h3-6H,1-2H3. The summed E-state index contributed by atoms with van der Waals surface area (Å²) in [5.41, 5.74) is 1.26. The summed E-state index contributed by atoms with van der Waals surface area (Å²) in [6, 6.07) is 5.65. The molecular weight excluding hydrogens is 212 g/mol. The van der Waals surface area contributed by atoms with Gasteiger partial charge in [0.05, 0.1) is 12.0 Å². The summed E-state index contributed by atoms with van der Waals surface area (Å²) in [6.45, 7) is 0. The van der Waals surface area contributed by atoms with E-state index in [4.69, 9.17) is 0 Å². The molecule has 2 aromatic rings. The van der Waals surface area contributed by atoms with Crippen LogP contribution < -0.4 is 0 Å². The Labute approximate surface area is 91.1 Å². The lowest BCUT2D eigenvalue weighted by atomic mass is 10.3. The third-order valence-corrected chi connectivity index (χ3v) is 2.94. The monoisotopic (exact) mass is 222 g/mol. The van der Waals surface area contributed by atoms with E-state index in [2.05, 4.69) is 9.84 Å². The number of aryl methyl sites for hydroxylation is 1. The zero-order valence-electron chi connectivity index (χ0n) is 8.43. The van der Waals surface area contributed by atoms with Crippen molar-refractivity contribution in [1.82, 2.24) is 9.78 Å². The van der Waals surface area contributed by atoms with Gasteiger partial charge in [-0.15, -0.1) is 11.3 Å². The Morgan fingerprint density at radius 2 is 2.40 bits per heavy atom. The van der Waals surface area contributed by atoms with E-state index in [1.165, 1.54) is 11.8 Å². The molecule has 0 spiro atoms. The number of methoxy groups -OCH3 is 1. The van der Waals surface area contributed by atoms with E-state index >= 15 is 0 Å². The van der Waals surface area contributed by atoms with Crippen LogP contribution in [0.15, 0.2) is 23.6 Å². The highest BCUT2D eigenvalue weighted by Crippen LogP contribution is 2.23. The predicted octanol–water partition coefficient (Wildman–Crippen LogP) is 1.94. The van der Waals surface area contributed by atoms with Gasteiger partial charge in [0.1, 0.15) is 11.4 Å². The number of hydrogen-bond acceptors (Lipinski definition) is 4. The van der Waals surface area contributed by atoms with Crippen LogP contribution in [0.1, 0.15) is 10.5 Å². The van der Waals surface area contributed by atoms with E-state index in [9.17, 15) is 4.79 Å². The minimum Gasteiger partial charge on any atom is -0.464 e. The van der Waals surface area contributed by atoms with Gasteiger partial charge in [-0.3, -0.25) is 4.68 Å². The fourth-order valence-electron chi connectivity index (χ4n) is 1.31. The fraction of sp³-hybridized carbons (Fsp3) is 0.200. The largest absolute Gasteiger partial charge is 0.464 e. The summed E-state index contributed by atoms with van der Waals surface area (Å²) in [5.74, 6) is -0.368. The molecule has 2 heterocycles. The first-order chi connectivity index (χ1) is 7.22. The van der Waals surface area contributed by atoms with Crippen molar-refractivity contribution in [3.8, 4) is 10.6 Å². The summed E-state index contributed by atoms with van der Waals surface area (Å²) in [4.78, 5) is 12.4. The lowest BCUT2D eigenvalue weighted by Crippen LogP contribution is -2.07. The summed E-state index contributed by atoms with van der Waals surface area (Å²) in [7, 11) is 3.09. The predicted molar refractivity (Wildman–Crippen MR) is 57.9 cm³/mol. The smallest absolute Gasteiger partial charge is 0.356 e. The summed E-state index contributed by atoms with van der Waals surface area (Å²) < 4.78 is 6.18. The first kappa shape index (κ1) is 9.92. The molecule has 2 aromatic heterocycles. The van der Waals surface area contributed by atoms with Gasteiger partial charge in [-0.1, -0.05) is 6.07 Å². The quantitative estimate of drug-likeness (QED) is 0.729. The molecule has 0 saturated carbocycles. The molecule has 0 aliphatic heterocycles. The van der Waals surface area contributed by atoms with Gasteiger partial charge in [0.15, 0.2) is 0 Å². The molecule has 4 nitrogen and oxygen atoms in total. The number of carbonyl (C=O) groups is 1. The highest BCUT2D eigenvalue weighted by molar-refractivity contribution is 7.13. The molecule has 5 heteroatoms. The SMILES string of the molecule is COC(=O)c1cc(-c2cccs2)nn1C. The lowest BCUT2D eigenvalue weighted by molar-refractivity contribution is 0.0588. The van der Waals surface area contributed by atoms with E-state index in [1.54, 1.807) is 24.5 Å². The van der Waals surface area contributed by atoms with E-state index < -0.39 is 0 Å². The van der Waals surface area contributed by atoms with Crippen molar-refractivity contribution in [2.75, 3.05) is 7.11 Å². The molecule has 0 fully saturated rings. The number of nitrogens with zero attached hydrogens (tertiary/aromatic N) is 2. The Balaban J connectivity index is 2.41. The Morgan fingerprint density at radius 3 is 3.00 bits per heavy atom. The number of rotatable bonds is 2. The highest BCUT2D eigenvalue weighted by Gasteiger charge is 2.14. The van der Waals surface area contributed by atoms with Gasteiger partial charge >= 0.3 is 5.97 Å². The van der Waals surface area contributed by atoms with Crippen LogP contribution >= 0.6 is 11.3 Å². The third-order valence-electron chi connectivity index (χ3n) is 2.05. The Hall–Kier alpha value is -1.62. The van der Waals surface area contributed by atoms with Crippen LogP contribution in [-0.4, -0.2) is 22.9 Å². The Bertz CT molecular complexity index is 474. The lowest BCUT2D eigenvalue weighted by Gasteiger charge is -1.96. The van der Waals surface area contributed by atoms with Crippen molar-refractivity contribution in [2.24, 2.45) is 7.05 Å². The van der Waals surface area contributed by atoms with Crippen molar-refractivity contribution in [3.05, 3.63) is 29.3 Å². The maximum Gasteiger partial charge on any atom is 0.356 e. The second-order valence-corrected chi connectivity index (χ2v) is 3.96. The number of esters is 1. The van der Waals surface area contributed by atoms with Crippen LogP contribution in [0.4, 0.5) is 0 Å². The van der Waals surface area contributed by atoms with Crippen molar-refractivity contribution in [1.29, 1.82) is 0 Å². The van der Waals surface area contributed by atoms with E-state index in [0.29, 0.717) is 5.69 Å². The van der Waals surface area contributed by atoms with Gasteiger partial charge in [-0.25, -0.2) is 4.79 Å². The highest BCUT2D eigenvalue weighted by atomic mass is 32.1. The van der Waals surface area contributed by atoms with Gasteiger partial charge in [0.25, 0.3) is 0 Å². The minimum atomic E-state index is -0.368. The molecule has 0 N–H and O–H groups in total. The number of carbonyl (C=O) groups excluding carboxylic acids is 1. The number of aromatic nitrogens is 2. The number of hydrogen-bond donors (Lipinski definition) is 0. The molecule has 0 aromatic carbocycles. The van der Waals surface area contributed by atoms with E-state index in [1.807, 2.05) is 17.5 Å². The molecule has 0 bridgehead atoms. The van der Waals surface area contributed by atoms with Crippen LogP contribution in [0.25, 0.3) is 10.6 Å². The van der Waals surface area contributed by atoms with Crippen molar-refractivity contribution >= 4 is 17.3 Å². The van der Waals surface area contributed by atoms with Gasteiger partial charge in [0.2, 0.25) is 0 Å². The van der Waals surface area contributed by atoms with Crippen LogP contribution in [0, 0.1) is 0 Å². The van der Waals surface area contributed by atoms with Crippen LogP contribution in [0.5, 0.6) is 0 Å². The van der Waals surface area contributed by atoms with Gasteiger partial charge in [0, 0.05) is 7.05 Å². The molecule has 15 heavy (non-hydrogen) atoms. The molecule has 2 rings (SSSR count). The molecule has 0 radical (unpaired) electrons. The molecule has 0 saturated heterocycles. The minimum absolute atomic E-state index is 0.368. The summed E-state index contributed by atoms with van der Waals surface area (Å²) >= 11 is 1.59. The van der Waals surface area contributed by atoms with Crippen LogP contribution in [0.2, 0.25) is 0 Å². The fourth-order valence-corrected chi connectivity index (χ4v) is 1.99. The first-order valence-corrected chi connectivity index (χ1v) is 5.26. The molecule has 78 valence electrons. The zero-order valence-corrected chi connectivity index (χ0v) is 9.25. The molecule has 0 amide bonds. The normalized spacial score (nSPS) is 10.3. The van der Waals surface area contributed by atoms with E-state index in [0.717, 1.165) is 10.6 Å². The maximum atomic E-state index is 11.3. The average molecular weight is 222 g/mol. The van der Waals surface area contributed by atoms with Gasteiger partial charge < -0.3 is 4.74 Å². The van der Waals surface area contributed by atoms with Crippen molar-refractivity contribution in [3.63, 3.8) is 0 Å². The molecule has 0 aliphatic rings. The third kappa shape index (κ3) is 1.78. The molecule has 0 atom stereocenters. The van der Waals surface area contributed by atoms with Crippen LogP contribution in [0.3, 0.4) is 0 Å². The molecular formula is C10H10N2O2S. The second kappa shape index (κ2) is 3.86. The van der Waals surface area contributed by atoms with Gasteiger partial charge in [-0.2, -0.15) is 5.10 Å². The Kier molecular flexibility index (Phi) is 2.55. The number of ether oxygens (including phenoxy) is 1. The topological polar surface area (TPSA) is 44.1 Å². The first-order valence-electron chi connectivity index (χ1n) is 4.38. The van der Waals surface area contributed by atoms with Crippen molar-refractivity contribution in [2.45, 2.75) is 0 Å². The van der Waals surface area contributed by atoms with Crippen molar-refractivity contribution < 1.29 is 9.53 Å². The maximum absolute atomic E-state index is 11.3. The number of thiophene rings is 1. The molecule has 0 unspecified atom stereocenters. The summed E-state index contributed by atoms with van der Waals surface area (Å²) in [5, 5.41) is 6.22. The average Bonchev–Trinajstić information content (AvgIpc) is 2.84. The summed E-state index contributed by atoms with van der Waals surface area (Å²) in [6.07, 6.45) is 0. The Morgan fingerprint density at radius 1 is 1.60 bits per heavy atom. The van der Waals surface area contributed by atoms with Crippen LogP contribution in [-0.2, 0) is 11.8 Å². The molecule has 0 aliphatic carbocycles. The zero-order chi connectivity index (χ0) is 10.8. The van der Waals surface area contributed by atoms with Gasteiger partial charge in [-0.05, 0) is 17.5 Å². The van der Waals surface area contributed by atoms with E-state index in [-0.39, 0.29) is 5.97 Å².